The van der Waals surface area contributed by atoms with Gasteiger partial charge in [-0.15, -0.1) is 0 Å². The smallest absolute Gasteiger partial charge is 0.326 e. The minimum absolute atomic E-state index is 0.0444. The van der Waals surface area contributed by atoms with Crippen LogP contribution < -0.4 is 5.32 Å². The van der Waals surface area contributed by atoms with Gasteiger partial charge in [0.1, 0.15) is 6.04 Å². The van der Waals surface area contributed by atoms with E-state index in [0.29, 0.717) is 0 Å². The minimum Gasteiger partial charge on any atom is -0.480 e. The van der Waals surface area contributed by atoms with E-state index < -0.39 is 27.8 Å². The van der Waals surface area contributed by atoms with Crippen molar-refractivity contribution in [3.05, 3.63) is 42.0 Å². The summed E-state index contributed by atoms with van der Waals surface area (Å²) in [4.78, 5) is 23.2. The van der Waals surface area contributed by atoms with Crippen LogP contribution in [0.1, 0.15) is 30.6 Å². The Hall–Kier alpha value is -2.15. The summed E-state index contributed by atoms with van der Waals surface area (Å²) >= 11 is 0. The highest BCUT2D eigenvalue weighted by atomic mass is 32.2. The van der Waals surface area contributed by atoms with E-state index in [-0.39, 0.29) is 22.6 Å². The first-order valence-electron chi connectivity index (χ1n) is 6.79. The fourth-order valence-corrected chi connectivity index (χ4v) is 2.66. The lowest BCUT2D eigenvalue weighted by Gasteiger charge is -2.13. The van der Waals surface area contributed by atoms with Crippen LogP contribution in [0.3, 0.4) is 0 Å². The molecule has 0 aromatic heterocycles. The Bertz CT molecular complexity index is 679. The van der Waals surface area contributed by atoms with Gasteiger partial charge in [-0.25, -0.2) is 13.2 Å². The van der Waals surface area contributed by atoms with Gasteiger partial charge < -0.3 is 10.4 Å². The molecule has 0 fully saturated rings. The number of carboxylic acid groups (broad SMARTS) is 1. The van der Waals surface area contributed by atoms with Crippen LogP contribution in [0.4, 0.5) is 0 Å². The maximum absolute atomic E-state index is 12.1. The van der Waals surface area contributed by atoms with Gasteiger partial charge in [0.15, 0.2) is 9.84 Å². The second-order valence-electron chi connectivity index (χ2n) is 4.60. The third-order valence-electron chi connectivity index (χ3n) is 3.05. The molecule has 0 spiro atoms. The van der Waals surface area contributed by atoms with Crippen molar-refractivity contribution in [3.8, 4) is 0 Å². The molecule has 22 heavy (non-hydrogen) atoms. The van der Waals surface area contributed by atoms with Crippen molar-refractivity contribution in [2.24, 2.45) is 0 Å². The van der Waals surface area contributed by atoms with E-state index in [9.17, 15) is 18.0 Å². The number of carbonyl (C=O) groups excluding carboxylic acids is 1. The molecule has 1 atom stereocenters. The fourth-order valence-electron chi connectivity index (χ4n) is 1.73. The van der Waals surface area contributed by atoms with Crippen LogP contribution in [0.15, 0.2) is 41.3 Å². The zero-order valence-corrected chi connectivity index (χ0v) is 13.3. The lowest BCUT2D eigenvalue weighted by atomic mass is 10.1. The number of hydrogen-bond donors (Lipinski definition) is 2. The zero-order chi connectivity index (χ0) is 16.8. The third kappa shape index (κ3) is 4.70. The van der Waals surface area contributed by atoms with E-state index in [1.54, 1.807) is 19.1 Å². The molecule has 0 aliphatic carbocycles. The molecular weight excluding hydrogens is 306 g/mol. The maximum Gasteiger partial charge on any atom is 0.326 e. The molecule has 6 nitrogen and oxygen atoms in total. The maximum atomic E-state index is 12.1. The van der Waals surface area contributed by atoms with Crippen LogP contribution in [0.5, 0.6) is 0 Å². The van der Waals surface area contributed by atoms with Crippen LogP contribution in [0.2, 0.25) is 0 Å². The lowest BCUT2D eigenvalue weighted by Crippen LogP contribution is -2.40. The van der Waals surface area contributed by atoms with Crippen LogP contribution in [0.25, 0.3) is 0 Å². The molecule has 0 saturated heterocycles. The highest BCUT2D eigenvalue weighted by molar-refractivity contribution is 7.91. The van der Waals surface area contributed by atoms with Crippen molar-refractivity contribution in [1.82, 2.24) is 5.32 Å². The molecule has 1 unspecified atom stereocenters. The summed E-state index contributed by atoms with van der Waals surface area (Å²) in [5, 5.41) is 11.5. The normalized spacial score (nSPS) is 13.0. The molecule has 0 saturated carbocycles. The number of sulfone groups is 1. The summed E-state index contributed by atoms with van der Waals surface area (Å²) in [6, 6.07) is 4.50. The number of benzene rings is 1. The number of allylic oxidation sites excluding steroid dienone is 1. The van der Waals surface area contributed by atoms with Crippen LogP contribution in [0, 0.1) is 0 Å². The van der Waals surface area contributed by atoms with Crippen molar-refractivity contribution in [1.29, 1.82) is 0 Å². The van der Waals surface area contributed by atoms with Gasteiger partial charge in [-0.3, -0.25) is 4.79 Å². The zero-order valence-electron chi connectivity index (χ0n) is 12.4. The molecule has 0 radical (unpaired) electrons. The van der Waals surface area contributed by atoms with E-state index in [1.165, 1.54) is 31.2 Å². The van der Waals surface area contributed by atoms with Gasteiger partial charge in [-0.2, -0.15) is 0 Å². The summed E-state index contributed by atoms with van der Waals surface area (Å²) in [5.41, 5.74) is 0.112. The number of nitrogens with one attached hydrogen (secondary N) is 1. The quantitative estimate of drug-likeness (QED) is 0.742. The summed E-state index contributed by atoms with van der Waals surface area (Å²) < 4.78 is 23.6. The molecule has 0 aliphatic heterocycles. The molecule has 1 amide bonds. The van der Waals surface area contributed by atoms with Gasteiger partial charge in [-0.05, 0) is 31.5 Å². The number of carboxylic acids is 1. The topological polar surface area (TPSA) is 101 Å². The summed E-state index contributed by atoms with van der Waals surface area (Å²) in [7, 11) is -3.42. The van der Waals surface area contributed by atoms with Crippen molar-refractivity contribution in [2.75, 3.05) is 5.75 Å². The average molecular weight is 325 g/mol. The average Bonchev–Trinajstić information content (AvgIpc) is 2.51. The second-order valence-corrected chi connectivity index (χ2v) is 6.88. The van der Waals surface area contributed by atoms with Crippen LogP contribution >= 0.6 is 0 Å². The highest BCUT2D eigenvalue weighted by Crippen LogP contribution is 2.13. The predicted octanol–water partition coefficient (Wildman–Crippen LogP) is 1.63. The third-order valence-corrected chi connectivity index (χ3v) is 4.78. The Kier molecular flexibility index (Phi) is 6.30. The van der Waals surface area contributed by atoms with Crippen molar-refractivity contribution >= 4 is 21.7 Å². The first-order valence-corrected chi connectivity index (χ1v) is 8.44. The molecule has 1 aromatic carbocycles. The van der Waals surface area contributed by atoms with E-state index in [1.807, 2.05) is 0 Å². The van der Waals surface area contributed by atoms with Gasteiger partial charge >= 0.3 is 5.97 Å². The summed E-state index contributed by atoms with van der Waals surface area (Å²) in [6.07, 6.45) is 3.48. The Morgan fingerprint density at radius 3 is 2.59 bits per heavy atom. The molecular formula is C15H19NO5S. The molecule has 1 aromatic rings. The van der Waals surface area contributed by atoms with Crippen molar-refractivity contribution < 1.29 is 23.1 Å². The number of rotatable bonds is 7. The SMILES string of the molecule is C/C=C/CC(NC(=O)c1cccc(S(=O)(=O)CC)c1)C(=O)O. The standard InChI is InChI=1S/C15H19NO5S/c1-3-5-9-13(15(18)19)16-14(17)11-7-6-8-12(10-11)22(20,21)4-2/h3,5-8,10,13H,4,9H2,1-2H3,(H,16,17)(H,18,19)/b5-3+. The largest absolute Gasteiger partial charge is 0.480 e. The number of amides is 1. The first kappa shape index (κ1) is 17.9. The molecule has 7 heteroatoms. The van der Waals surface area contributed by atoms with Crippen molar-refractivity contribution in [2.45, 2.75) is 31.2 Å². The molecule has 2 N–H and O–H groups in total. The molecule has 120 valence electrons. The minimum atomic E-state index is -3.42. The van der Waals surface area contributed by atoms with Crippen LogP contribution in [-0.2, 0) is 14.6 Å². The van der Waals surface area contributed by atoms with Gasteiger partial charge in [0.2, 0.25) is 0 Å². The van der Waals surface area contributed by atoms with Gasteiger partial charge in [0, 0.05) is 5.56 Å². The first-order chi connectivity index (χ1) is 10.3. The molecule has 0 bridgehead atoms. The number of aliphatic carboxylic acids is 1. The van der Waals surface area contributed by atoms with Crippen LogP contribution in [-0.4, -0.2) is 37.2 Å². The Labute approximate surface area is 129 Å². The summed E-state index contributed by atoms with van der Waals surface area (Å²) in [5.74, 6) is -1.84. The Balaban J connectivity index is 2.98. The monoisotopic (exact) mass is 325 g/mol. The van der Waals surface area contributed by atoms with Gasteiger partial charge in [0.05, 0.1) is 10.6 Å². The molecule has 0 aliphatic rings. The number of hydrogen-bond acceptors (Lipinski definition) is 4. The van der Waals surface area contributed by atoms with Gasteiger partial charge in [0.25, 0.3) is 5.91 Å². The predicted molar refractivity (Wildman–Crippen MR) is 82.5 cm³/mol. The van der Waals surface area contributed by atoms with E-state index in [2.05, 4.69) is 5.32 Å². The summed E-state index contributed by atoms with van der Waals surface area (Å²) in [6.45, 7) is 3.26. The van der Waals surface area contributed by atoms with E-state index >= 15 is 0 Å². The molecule has 1 rings (SSSR count). The lowest BCUT2D eigenvalue weighted by molar-refractivity contribution is -0.139. The van der Waals surface area contributed by atoms with Crippen molar-refractivity contribution in [3.63, 3.8) is 0 Å². The second kappa shape index (κ2) is 7.74. The number of carbonyl (C=O) groups is 2. The van der Waals surface area contributed by atoms with E-state index in [0.717, 1.165) is 0 Å². The van der Waals surface area contributed by atoms with E-state index in [4.69, 9.17) is 5.11 Å². The molecule has 0 heterocycles. The fraction of sp³-hybridized carbons (Fsp3) is 0.333. The Morgan fingerprint density at radius 2 is 2.05 bits per heavy atom. The van der Waals surface area contributed by atoms with Gasteiger partial charge in [-0.1, -0.05) is 25.1 Å². The highest BCUT2D eigenvalue weighted by Gasteiger charge is 2.20. The Morgan fingerprint density at radius 1 is 1.36 bits per heavy atom.